The fourth-order valence-electron chi connectivity index (χ4n) is 0.825. The average molecular weight is 139 g/mol. The molecule has 58 valence electrons. The minimum atomic E-state index is 0.744. The Bertz CT molecular complexity index is 139. The third kappa shape index (κ3) is 5.57. The summed E-state index contributed by atoms with van der Waals surface area (Å²) in [6.45, 7) is 7.04. The second-order valence-corrected chi connectivity index (χ2v) is 2.75. The van der Waals surface area contributed by atoms with E-state index in [-0.39, 0.29) is 0 Å². The lowest BCUT2D eigenvalue weighted by atomic mass is 10.2. The monoisotopic (exact) mass is 139 g/mol. The molecule has 10 heavy (non-hydrogen) atoms. The Hall–Kier alpha value is -0.560. The highest BCUT2D eigenvalue weighted by molar-refractivity contribution is 5.19. The summed E-state index contributed by atoms with van der Waals surface area (Å²) < 4.78 is 0. The second-order valence-electron chi connectivity index (χ2n) is 2.75. The van der Waals surface area contributed by atoms with E-state index in [1.807, 2.05) is 0 Å². The Labute approximate surface area is 63.6 Å². The van der Waals surface area contributed by atoms with Crippen molar-refractivity contribution >= 4 is 0 Å². The molecule has 0 spiro atoms. The minimum Gasteiger partial charge on any atom is -0.330 e. The van der Waals surface area contributed by atoms with Gasteiger partial charge in [-0.25, -0.2) is 0 Å². The zero-order valence-corrected chi connectivity index (χ0v) is 7.15. The maximum absolute atomic E-state index is 5.34. The van der Waals surface area contributed by atoms with Crippen LogP contribution in [0.4, 0.5) is 0 Å². The maximum Gasteiger partial charge on any atom is -0.00424 e. The Balaban J connectivity index is 3.82. The molecule has 1 nitrogen and oxygen atoms in total. The molecule has 1 heteroatoms. The maximum atomic E-state index is 5.34. The van der Waals surface area contributed by atoms with Gasteiger partial charge in [-0.05, 0) is 33.7 Å². The first kappa shape index (κ1) is 9.44. The summed E-state index contributed by atoms with van der Waals surface area (Å²) in [6.07, 6.45) is 5.30. The molecule has 0 heterocycles. The third-order valence-corrected chi connectivity index (χ3v) is 1.15. The van der Waals surface area contributed by atoms with Crippen LogP contribution in [-0.2, 0) is 0 Å². The van der Waals surface area contributed by atoms with Gasteiger partial charge in [-0.15, -0.1) is 0 Å². The molecule has 0 saturated carbocycles. The van der Waals surface area contributed by atoms with E-state index in [2.05, 4.69) is 32.9 Å². The van der Waals surface area contributed by atoms with Crippen LogP contribution >= 0.6 is 0 Å². The second kappa shape index (κ2) is 5.24. The molecule has 0 aromatic rings. The van der Waals surface area contributed by atoms with Crippen molar-refractivity contribution in [1.82, 2.24) is 0 Å². The normalized spacial score (nSPS) is 11.4. The van der Waals surface area contributed by atoms with E-state index >= 15 is 0 Å². The summed E-state index contributed by atoms with van der Waals surface area (Å²) in [5, 5.41) is 0. The van der Waals surface area contributed by atoms with Gasteiger partial charge in [0, 0.05) is 0 Å². The van der Waals surface area contributed by atoms with Gasteiger partial charge >= 0.3 is 0 Å². The van der Waals surface area contributed by atoms with E-state index in [1.54, 1.807) is 0 Å². The van der Waals surface area contributed by atoms with Crippen LogP contribution in [0.15, 0.2) is 23.3 Å². The molecule has 0 aromatic heterocycles. The highest BCUT2D eigenvalue weighted by Gasteiger charge is 1.81. The number of hydrogen-bond acceptors (Lipinski definition) is 1. The molecular formula is C9H17N. The first-order chi connectivity index (χ1) is 4.66. The zero-order valence-electron chi connectivity index (χ0n) is 7.15. The Morgan fingerprint density at radius 1 is 1.30 bits per heavy atom. The van der Waals surface area contributed by atoms with Crippen LogP contribution in [0.2, 0.25) is 0 Å². The number of allylic oxidation sites excluding steroid dienone is 3. The number of rotatable bonds is 3. The van der Waals surface area contributed by atoms with Crippen LogP contribution in [0.1, 0.15) is 27.2 Å². The van der Waals surface area contributed by atoms with Crippen molar-refractivity contribution in [2.45, 2.75) is 27.2 Å². The smallest absolute Gasteiger partial charge is 0.00424 e. The standard InChI is InChI=1S/C9H17N/c1-8(2)7-9(3)5-4-6-10/h5,7H,4,6,10H2,1-3H3. The highest BCUT2D eigenvalue weighted by atomic mass is 14.5. The first-order valence-corrected chi connectivity index (χ1v) is 3.68. The first-order valence-electron chi connectivity index (χ1n) is 3.68. The van der Waals surface area contributed by atoms with Gasteiger partial charge in [0.15, 0.2) is 0 Å². The molecule has 2 N–H and O–H groups in total. The Morgan fingerprint density at radius 3 is 2.30 bits per heavy atom. The predicted molar refractivity (Wildman–Crippen MR) is 46.9 cm³/mol. The molecule has 0 aliphatic rings. The van der Waals surface area contributed by atoms with Crippen molar-refractivity contribution in [3.05, 3.63) is 23.3 Å². The highest BCUT2D eigenvalue weighted by Crippen LogP contribution is 2.00. The van der Waals surface area contributed by atoms with E-state index in [1.165, 1.54) is 11.1 Å². The molecule has 0 bridgehead atoms. The van der Waals surface area contributed by atoms with Gasteiger partial charge in [0.25, 0.3) is 0 Å². The summed E-state index contributed by atoms with van der Waals surface area (Å²) in [5.41, 5.74) is 7.99. The molecular weight excluding hydrogens is 122 g/mol. The van der Waals surface area contributed by atoms with Crippen LogP contribution < -0.4 is 5.73 Å². The van der Waals surface area contributed by atoms with Crippen LogP contribution in [0.25, 0.3) is 0 Å². The summed E-state index contributed by atoms with van der Waals surface area (Å²) in [6, 6.07) is 0. The molecule has 0 fully saturated rings. The average Bonchev–Trinajstić information content (AvgIpc) is 1.82. The molecule has 0 aromatic carbocycles. The van der Waals surface area contributed by atoms with Crippen molar-refractivity contribution in [3.8, 4) is 0 Å². The van der Waals surface area contributed by atoms with Gasteiger partial charge < -0.3 is 5.73 Å². The summed E-state index contributed by atoms with van der Waals surface area (Å²) >= 11 is 0. The van der Waals surface area contributed by atoms with E-state index in [0.29, 0.717) is 0 Å². The van der Waals surface area contributed by atoms with Gasteiger partial charge in [-0.1, -0.05) is 23.3 Å². The lowest BCUT2D eigenvalue weighted by molar-refractivity contribution is 1.000. The molecule has 0 rings (SSSR count). The SMILES string of the molecule is CC(C)=CC(C)=CCCN. The van der Waals surface area contributed by atoms with E-state index in [0.717, 1.165) is 13.0 Å². The molecule has 0 amide bonds. The Kier molecular flexibility index (Phi) is 4.95. The van der Waals surface area contributed by atoms with Crippen molar-refractivity contribution < 1.29 is 0 Å². The van der Waals surface area contributed by atoms with Gasteiger partial charge in [0.1, 0.15) is 0 Å². The predicted octanol–water partition coefficient (Wildman–Crippen LogP) is 2.25. The molecule has 0 saturated heterocycles. The lowest BCUT2D eigenvalue weighted by Gasteiger charge is -1.92. The number of hydrogen-bond donors (Lipinski definition) is 1. The molecule has 0 atom stereocenters. The van der Waals surface area contributed by atoms with Crippen molar-refractivity contribution in [1.29, 1.82) is 0 Å². The van der Waals surface area contributed by atoms with E-state index < -0.39 is 0 Å². The third-order valence-electron chi connectivity index (χ3n) is 1.15. The molecule has 0 unspecified atom stereocenters. The molecule has 0 aliphatic heterocycles. The topological polar surface area (TPSA) is 26.0 Å². The molecule has 0 aliphatic carbocycles. The lowest BCUT2D eigenvalue weighted by Crippen LogP contribution is -1.95. The van der Waals surface area contributed by atoms with Crippen LogP contribution in [-0.4, -0.2) is 6.54 Å². The summed E-state index contributed by atoms with van der Waals surface area (Å²) in [5.74, 6) is 0. The van der Waals surface area contributed by atoms with Crippen molar-refractivity contribution in [2.24, 2.45) is 5.73 Å². The van der Waals surface area contributed by atoms with Gasteiger partial charge in [-0.2, -0.15) is 0 Å². The fourth-order valence-corrected chi connectivity index (χ4v) is 0.825. The molecule has 0 radical (unpaired) electrons. The van der Waals surface area contributed by atoms with Gasteiger partial charge in [-0.3, -0.25) is 0 Å². The van der Waals surface area contributed by atoms with Crippen LogP contribution in [0.3, 0.4) is 0 Å². The van der Waals surface area contributed by atoms with Crippen LogP contribution in [0, 0.1) is 0 Å². The van der Waals surface area contributed by atoms with Crippen molar-refractivity contribution in [2.75, 3.05) is 6.54 Å². The van der Waals surface area contributed by atoms with E-state index in [9.17, 15) is 0 Å². The summed E-state index contributed by atoms with van der Waals surface area (Å²) in [7, 11) is 0. The quantitative estimate of drug-likeness (QED) is 0.596. The number of nitrogens with two attached hydrogens (primary N) is 1. The zero-order chi connectivity index (χ0) is 7.98. The minimum absolute atomic E-state index is 0.744. The largest absolute Gasteiger partial charge is 0.330 e. The summed E-state index contributed by atoms with van der Waals surface area (Å²) in [4.78, 5) is 0. The van der Waals surface area contributed by atoms with Gasteiger partial charge in [0.05, 0.1) is 0 Å². The van der Waals surface area contributed by atoms with Crippen molar-refractivity contribution in [3.63, 3.8) is 0 Å². The fraction of sp³-hybridized carbons (Fsp3) is 0.556. The van der Waals surface area contributed by atoms with E-state index in [4.69, 9.17) is 5.73 Å². The van der Waals surface area contributed by atoms with Crippen LogP contribution in [0.5, 0.6) is 0 Å². The van der Waals surface area contributed by atoms with Gasteiger partial charge in [0.2, 0.25) is 0 Å². The Morgan fingerprint density at radius 2 is 1.90 bits per heavy atom.